The van der Waals surface area contributed by atoms with Crippen LogP contribution >= 0.6 is 0 Å². The summed E-state index contributed by atoms with van der Waals surface area (Å²) in [5, 5.41) is 23.0. The van der Waals surface area contributed by atoms with E-state index in [2.05, 4.69) is 10.6 Å². The van der Waals surface area contributed by atoms with E-state index in [1.807, 2.05) is 30.3 Å². The molecule has 2 aromatic carbocycles. The van der Waals surface area contributed by atoms with Gasteiger partial charge in [0.1, 0.15) is 18.7 Å². The van der Waals surface area contributed by atoms with Crippen LogP contribution in [-0.4, -0.2) is 35.2 Å². The van der Waals surface area contributed by atoms with Crippen molar-refractivity contribution in [2.75, 3.05) is 0 Å². The Morgan fingerprint density at radius 2 is 1.55 bits per heavy atom. The molecule has 0 bridgehead atoms. The number of carboxylic acid groups (broad SMARTS) is 1. The number of nitrogens with zero attached hydrogens (tertiary/aromatic N) is 1. The fourth-order valence-electron chi connectivity index (χ4n) is 2.88. The van der Waals surface area contributed by atoms with E-state index in [9.17, 15) is 19.5 Å². The van der Waals surface area contributed by atoms with E-state index < -0.39 is 30.1 Å². The van der Waals surface area contributed by atoms with E-state index in [0.717, 1.165) is 11.1 Å². The molecule has 0 spiro atoms. The highest BCUT2D eigenvalue weighted by atomic mass is 16.5. The van der Waals surface area contributed by atoms with E-state index in [1.54, 1.807) is 36.4 Å². The minimum atomic E-state index is -1.20. The van der Waals surface area contributed by atoms with E-state index in [-0.39, 0.29) is 25.9 Å². The molecule has 0 aliphatic carbocycles. The van der Waals surface area contributed by atoms with Crippen molar-refractivity contribution < 1.29 is 24.2 Å². The highest BCUT2D eigenvalue weighted by Crippen LogP contribution is 2.07. The molecule has 0 aliphatic rings. The van der Waals surface area contributed by atoms with Crippen molar-refractivity contribution in [3.63, 3.8) is 0 Å². The van der Waals surface area contributed by atoms with Crippen molar-refractivity contribution in [2.45, 2.75) is 44.4 Å². The Balaban J connectivity index is 2.04. The number of alkyl carbamates (subject to hydrolysis) is 1. The molecule has 0 saturated heterocycles. The number of benzene rings is 2. The zero-order valence-corrected chi connectivity index (χ0v) is 17.0. The number of nitrogens with one attached hydrogen (secondary N) is 2. The first-order chi connectivity index (χ1) is 15.0. The number of rotatable bonds is 11. The maximum Gasteiger partial charge on any atom is 0.408 e. The van der Waals surface area contributed by atoms with Crippen molar-refractivity contribution in [2.24, 2.45) is 0 Å². The third-order valence-corrected chi connectivity index (χ3v) is 4.50. The van der Waals surface area contributed by atoms with Gasteiger partial charge in [-0.1, -0.05) is 60.7 Å². The number of nitriles is 1. The first kappa shape index (κ1) is 23.4. The first-order valence-corrected chi connectivity index (χ1v) is 9.91. The smallest absolute Gasteiger partial charge is 0.408 e. The number of aliphatic carboxylic acids is 1. The van der Waals surface area contributed by atoms with E-state index >= 15 is 0 Å². The summed E-state index contributed by atoms with van der Waals surface area (Å²) in [4.78, 5) is 36.6. The van der Waals surface area contributed by atoms with Gasteiger partial charge in [-0.15, -0.1) is 0 Å². The Labute approximate surface area is 180 Å². The zero-order chi connectivity index (χ0) is 22.5. The molecule has 31 heavy (non-hydrogen) atoms. The molecule has 2 rings (SSSR count). The second-order valence-corrected chi connectivity index (χ2v) is 6.90. The molecule has 0 saturated carbocycles. The summed E-state index contributed by atoms with van der Waals surface area (Å²) in [7, 11) is 0. The van der Waals surface area contributed by atoms with Crippen molar-refractivity contribution in [1.82, 2.24) is 10.6 Å². The molecule has 8 nitrogen and oxygen atoms in total. The van der Waals surface area contributed by atoms with E-state index in [4.69, 9.17) is 10.00 Å². The van der Waals surface area contributed by atoms with Gasteiger partial charge in [-0.05, 0) is 24.0 Å². The molecule has 2 aromatic rings. The summed E-state index contributed by atoms with van der Waals surface area (Å²) >= 11 is 0. The lowest BCUT2D eigenvalue weighted by molar-refractivity contribution is -0.142. The molecule has 162 valence electrons. The Kier molecular flexibility index (Phi) is 9.56. The molecule has 0 fully saturated rings. The molecule has 8 heteroatoms. The Hall–Kier alpha value is -3.86. The topological polar surface area (TPSA) is 129 Å². The molecule has 2 amide bonds. The lowest BCUT2D eigenvalue weighted by Gasteiger charge is -2.21. The SMILES string of the molecule is N#CCCC[C@H](NC(=O)[C@@H](Cc1ccccc1)NC(=O)OCc1ccccc1)C(=O)O. The van der Waals surface area contributed by atoms with Crippen LogP contribution in [0.25, 0.3) is 0 Å². The third kappa shape index (κ3) is 8.58. The monoisotopic (exact) mass is 423 g/mol. The van der Waals surface area contributed by atoms with Crippen molar-refractivity contribution in [3.8, 4) is 6.07 Å². The minimum Gasteiger partial charge on any atom is -0.480 e. The van der Waals surface area contributed by atoms with Crippen molar-refractivity contribution >= 4 is 18.0 Å². The highest BCUT2D eigenvalue weighted by Gasteiger charge is 2.27. The summed E-state index contributed by atoms with van der Waals surface area (Å²) < 4.78 is 5.20. The van der Waals surface area contributed by atoms with Crippen LogP contribution in [0.5, 0.6) is 0 Å². The van der Waals surface area contributed by atoms with Gasteiger partial charge in [0.2, 0.25) is 5.91 Å². The highest BCUT2D eigenvalue weighted by molar-refractivity contribution is 5.89. The Morgan fingerprint density at radius 3 is 2.13 bits per heavy atom. The average Bonchev–Trinajstić information content (AvgIpc) is 2.78. The number of amides is 2. The van der Waals surface area contributed by atoms with Gasteiger partial charge in [0.15, 0.2) is 0 Å². The van der Waals surface area contributed by atoms with Gasteiger partial charge < -0.3 is 20.5 Å². The maximum atomic E-state index is 12.8. The number of carbonyl (C=O) groups excluding carboxylic acids is 2. The largest absolute Gasteiger partial charge is 0.480 e. The fraction of sp³-hybridized carbons (Fsp3) is 0.304. The zero-order valence-electron chi connectivity index (χ0n) is 17.0. The summed E-state index contributed by atoms with van der Waals surface area (Å²) in [6.45, 7) is 0.0399. The van der Waals surface area contributed by atoms with Crippen LogP contribution in [0, 0.1) is 11.3 Å². The number of hydrogen-bond donors (Lipinski definition) is 3. The maximum absolute atomic E-state index is 12.8. The van der Waals surface area contributed by atoms with Crippen LogP contribution in [0.2, 0.25) is 0 Å². The fourth-order valence-corrected chi connectivity index (χ4v) is 2.88. The molecule has 0 heterocycles. The van der Waals surface area contributed by atoms with E-state index in [0.29, 0.717) is 6.42 Å². The summed E-state index contributed by atoms with van der Waals surface area (Å²) in [6.07, 6.45) is 0.0279. The van der Waals surface area contributed by atoms with Crippen LogP contribution in [0.3, 0.4) is 0 Å². The van der Waals surface area contributed by atoms with Gasteiger partial charge in [-0.25, -0.2) is 9.59 Å². The van der Waals surface area contributed by atoms with Crippen LogP contribution < -0.4 is 10.6 Å². The molecular formula is C23H25N3O5. The molecule has 3 N–H and O–H groups in total. The normalized spacial score (nSPS) is 12.1. The molecule has 0 radical (unpaired) electrons. The van der Waals surface area contributed by atoms with E-state index in [1.165, 1.54) is 0 Å². The molecule has 2 atom stereocenters. The Morgan fingerprint density at radius 1 is 0.935 bits per heavy atom. The van der Waals surface area contributed by atoms with Crippen molar-refractivity contribution in [1.29, 1.82) is 5.26 Å². The molecular weight excluding hydrogens is 398 g/mol. The number of carbonyl (C=O) groups is 3. The molecule has 0 aromatic heterocycles. The van der Waals surface area contributed by atoms with Gasteiger partial charge >= 0.3 is 12.1 Å². The first-order valence-electron chi connectivity index (χ1n) is 9.91. The summed E-state index contributed by atoms with van der Waals surface area (Å²) in [5.41, 5.74) is 1.59. The second-order valence-electron chi connectivity index (χ2n) is 6.90. The van der Waals surface area contributed by atoms with Gasteiger partial charge in [0.05, 0.1) is 6.07 Å². The lowest BCUT2D eigenvalue weighted by atomic mass is 10.0. The summed E-state index contributed by atoms with van der Waals surface area (Å²) in [6, 6.07) is 17.9. The number of ether oxygens (including phenoxy) is 1. The summed E-state index contributed by atoms with van der Waals surface area (Å²) in [5.74, 6) is -1.83. The Bertz CT molecular complexity index is 896. The lowest BCUT2D eigenvalue weighted by Crippen LogP contribution is -2.52. The second kappa shape index (κ2) is 12.6. The standard InChI is InChI=1S/C23H25N3O5/c24-14-8-7-13-19(22(28)29)25-21(27)20(15-17-9-3-1-4-10-17)26-23(30)31-16-18-11-5-2-6-12-18/h1-6,9-12,19-20H,7-8,13,15-16H2,(H,25,27)(H,26,30)(H,28,29)/t19-,20+/m0/s1. The number of unbranched alkanes of at least 4 members (excludes halogenated alkanes) is 1. The van der Waals surface area contributed by atoms with Crippen LogP contribution in [-0.2, 0) is 27.4 Å². The predicted molar refractivity (Wildman–Crippen MR) is 113 cm³/mol. The third-order valence-electron chi connectivity index (χ3n) is 4.50. The molecule has 0 unspecified atom stereocenters. The van der Waals surface area contributed by atoms with Crippen LogP contribution in [0.15, 0.2) is 60.7 Å². The van der Waals surface area contributed by atoms with Crippen LogP contribution in [0.4, 0.5) is 4.79 Å². The van der Waals surface area contributed by atoms with Gasteiger partial charge in [-0.2, -0.15) is 5.26 Å². The van der Waals surface area contributed by atoms with Gasteiger partial charge in [0.25, 0.3) is 0 Å². The van der Waals surface area contributed by atoms with Crippen LogP contribution in [0.1, 0.15) is 30.4 Å². The number of carboxylic acids is 1. The molecule has 0 aliphatic heterocycles. The van der Waals surface area contributed by atoms with Gasteiger partial charge in [0, 0.05) is 12.8 Å². The van der Waals surface area contributed by atoms with Crippen molar-refractivity contribution in [3.05, 3.63) is 71.8 Å². The van der Waals surface area contributed by atoms with Gasteiger partial charge in [-0.3, -0.25) is 4.79 Å². The number of hydrogen-bond acceptors (Lipinski definition) is 5. The quantitative estimate of drug-likeness (QED) is 0.477. The average molecular weight is 423 g/mol. The predicted octanol–water partition coefficient (Wildman–Crippen LogP) is 2.79. The minimum absolute atomic E-state index is 0.0399.